The first kappa shape index (κ1) is 16.3. The van der Waals surface area contributed by atoms with Gasteiger partial charge in [0.2, 0.25) is 0 Å². The van der Waals surface area contributed by atoms with Crippen molar-refractivity contribution < 1.29 is 9.90 Å². The van der Waals surface area contributed by atoms with Crippen molar-refractivity contribution in [1.82, 2.24) is 25.8 Å². The van der Waals surface area contributed by atoms with E-state index < -0.39 is 0 Å². The second-order valence-electron chi connectivity index (χ2n) is 6.81. The minimum absolute atomic E-state index is 0.0784. The fourth-order valence-electron chi connectivity index (χ4n) is 3.64. The fraction of sp³-hybridized carbons (Fsp3) is 0.933. The van der Waals surface area contributed by atoms with Gasteiger partial charge in [0, 0.05) is 32.2 Å². The number of hydrogen-bond acceptors (Lipinski definition) is 7. The Kier molecular flexibility index (Phi) is 5.43. The highest BCUT2D eigenvalue weighted by atomic mass is 16.3. The molecule has 0 aromatic heterocycles. The molecular weight excluding hydrogens is 282 g/mol. The lowest BCUT2D eigenvalue weighted by atomic mass is 10.1. The Labute approximate surface area is 132 Å². The molecule has 4 atom stereocenters. The van der Waals surface area contributed by atoms with Crippen molar-refractivity contribution in [3.05, 3.63) is 0 Å². The second-order valence-corrected chi connectivity index (χ2v) is 6.81. The van der Waals surface area contributed by atoms with Crippen LogP contribution < -0.4 is 16.0 Å². The third kappa shape index (κ3) is 3.84. The lowest BCUT2D eigenvalue weighted by Crippen LogP contribution is -2.72. The van der Waals surface area contributed by atoms with Crippen LogP contribution in [0.2, 0.25) is 0 Å². The summed E-state index contributed by atoms with van der Waals surface area (Å²) in [6, 6.07) is 0.290. The molecule has 7 nitrogen and oxygen atoms in total. The van der Waals surface area contributed by atoms with Crippen LogP contribution in [0, 0.1) is 0 Å². The highest BCUT2D eigenvalue weighted by molar-refractivity contribution is 5.57. The van der Waals surface area contributed by atoms with Crippen LogP contribution in [0.25, 0.3) is 0 Å². The topological polar surface area (TPSA) is 79.9 Å². The molecular formula is C15H29N5O2. The van der Waals surface area contributed by atoms with Crippen LogP contribution in [0.15, 0.2) is 0 Å². The van der Waals surface area contributed by atoms with Gasteiger partial charge in [0.05, 0.1) is 12.2 Å². The van der Waals surface area contributed by atoms with Crippen molar-refractivity contribution in [2.75, 3.05) is 26.2 Å². The summed E-state index contributed by atoms with van der Waals surface area (Å²) in [6.45, 7) is 5.70. The number of nitrogens with one attached hydrogen (secondary N) is 3. The third-order valence-electron chi connectivity index (χ3n) is 5.02. The maximum atomic E-state index is 11.3. The maximum Gasteiger partial charge on any atom is 0.137 e. The molecule has 126 valence electrons. The van der Waals surface area contributed by atoms with E-state index in [0.29, 0.717) is 6.04 Å². The summed E-state index contributed by atoms with van der Waals surface area (Å²) < 4.78 is 0. The molecule has 7 heteroatoms. The summed E-state index contributed by atoms with van der Waals surface area (Å²) >= 11 is 0. The summed E-state index contributed by atoms with van der Waals surface area (Å²) in [5.74, 6) is 0. The zero-order chi connectivity index (χ0) is 15.5. The van der Waals surface area contributed by atoms with Gasteiger partial charge >= 0.3 is 0 Å². The zero-order valence-electron chi connectivity index (χ0n) is 13.4. The molecule has 0 saturated carbocycles. The van der Waals surface area contributed by atoms with Gasteiger partial charge in [0.25, 0.3) is 0 Å². The number of hydrogen-bond donors (Lipinski definition) is 4. The Morgan fingerprint density at radius 2 is 1.95 bits per heavy atom. The monoisotopic (exact) mass is 311 g/mol. The Morgan fingerprint density at radius 1 is 1.23 bits per heavy atom. The Hall–Kier alpha value is -0.570. The molecule has 3 saturated heterocycles. The lowest BCUT2D eigenvalue weighted by molar-refractivity contribution is -0.112. The minimum atomic E-state index is -0.372. The number of aliphatic hydroxyl groups excluding tert-OH is 1. The average Bonchev–Trinajstić information content (AvgIpc) is 2.50. The van der Waals surface area contributed by atoms with Gasteiger partial charge in [-0.3, -0.25) is 25.8 Å². The predicted molar refractivity (Wildman–Crippen MR) is 83.9 cm³/mol. The van der Waals surface area contributed by atoms with Crippen LogP contribution in [0.4, 0.5) is 0 Å². The molecule has 0 amide bonds. The van der Waals surface area contributed by atoms with E-state index in [0.717, 1.165) is 38.9 Å². The van der Waals surface area contributed by atoms with Crippen molar-refractivity contribution >= 4 is 6.29 Å². The standard InChI is InChI=1S/C15H29N5O2/c1-11(22)20-8-13(9-20)16-14-7-12(10-21)17-15(18-14)19-5-3-2-4-6-19/h10-18,22H,2-9H2,1H3. The summed E-state index contributed by atoms with van der Waals surface area (Å²) in [5, 5.41) is 20.1. The molecule has 0 radical (unpaired) electrons. The molecule has 4 unspecified atom stereocenters. The number of piperidine rings is 1. The highest BCUT2D eigenvalue weighted by Gasteiger charge is 2.35. The van der Waals surface area contributed by atoms with Crippen molar-refractivity contribution in [3.8, 4) is 0 Å². The van der Waals surface area contributed by atoms with Gasteiger partial charge in [0.15, 0.2) is 0 Å². The third-order valence-corrected chi connectivity index (χ3v) is 5.02. The Morgan fingerprint density at radius 3 is 2.59 bits per heavy atom. The molecule has 0 aromatic rings. The SMILES string of the molecule is CC(O)N1CC(NC2CC(C=O)NC(N3CCCCC3)N2)C1. The van der Waals surface area contributed by atoms with E-state index in [1.165, 1.54) is 19.3 Å². The van der Waals surface area contributed by atoms with Crippen molar-refractivity contribution in [1.29, 1.82) is 0 Å². The molecule has 22 heavy (non-hydrogen) atoms. The number of aldehydes is 1. The molecule has 0 aromatic carbocycles. The van der Waals surface area contributed by atoms with Crippen molar-refractivity contribution in [3.63, 3.8) is 0 Å². The quantitative estimate of drug-likeness (QED) is 0.477. The summed E-state index contributed by atoms with van der Waals surface area (Å²) in [4.78, 5) is 15.7. The molecule has 4 N–H and O–H groups in total. The molecule has 3 aliphatic heterocycles. The summed E-state index contributed by atoms with van der Waals surface area (Å²) in [6.07, 6.45) is 5.40. The zero-order valence-corrected chi connectivity index (χ0v) is 13.4. The van der Waals surface area contributed by atoms with E-state index in [-0.39, 0.29) is 24.7 Å². The van der Waals surface area contributed by atoms with Gasteiger partial charge in [-0.05, 0) is 26.2 Å². The molecule has 3 aliphatic rings. The summed E-state index contributed by atoms with van der Waals surface area (Å²) in [5.41, 5.74) is 0. The first-order valence-corrected chi connectivity index (χ1v) is 8.55. The number of rotatable bonds is 5. The predicted octanol–water partition coefficient (Wildman–Crippen LogP) is -1.16. The average molecular weight is 311 g/mol. The first-order valence-electron chi connectivity index (χ1n) is 8.55. The second kappa shape index (κ2) is 7.33. The van der Waals surface area contributed by atoms with Crippen LogP contribution in [-0.4, -0.2) is 78.1 Å². The van der Waals surface area contributed by atoms with Crippen LogP contribution in [0.3, 0.4) is 0 Å². The minimum Gasteiger partial charge on any atom is -0.379 e. The van der Waals surface area contributed by atoms with Gasteiger partial charge in [-0.25, -0.2) is 0 Å². The largest absolute Gasteiger partial charge is 0.379 e. The van der Waals surface area contributed by atoms with E-state index in [2.05, 4.69) is 20.9 Å². The van der Waals surface area contributed by atoms with E-state index in [1.54, 1.807) is 6.92 Å². The van der Waals surface area contributed by atoms with E-state index in [9.17, 15) is 9.90 Å². The number of likely N-dealkylation sites (tertiary alicyclic amines) is 2. The van der Waals surface area contributed by atoms with Crippen molar-refractivity contribution in [2.24, 2.45) is 0 Å². The first-order chi connectivity index (χ1) is 10.7. The molecule has 3 fully saturated rings. The highest BCUT2D eigenvalue weighted by Crippen LogP contribution is 2.16. The molecule has 3 rings (SSSR count). The van der Waals surface area contributed by atoms with Gasteiger partial charge in [-0.1, -0.05) is 6.42 Å². The van der Waals surface area contributed by atoms with Gasteiger partial charge in [-0.2, -0.15) is 0 Å². The fourth-order valence-corrected chi connectivity index (χ4v) is 3.64. The van der Waals surface area contributed by atoms with Gasteiger partial charge in [0.1, 0.15) is 18.8 Å². The van der Waals surface area contributed by atoms with Crippen molar-refractivity contribution in [2.45, 2.75) is 63.4 Å². The number of carbonyl (C=O) groups is 1. The normalized spacial score (nSPS) is 36.7. The van der Waals surface area contributed by atoms with E-state index >= 15 is 0 Å². The van der Waals surface area contributed by atoms with Gasteiger partial charge in [-0.15, -0.1) is 0 Å². The smallest absolute Gasteiger partial charge is 0.137 e. The van der Waals surface area contributed by atoms with Crippen LogP contribution in [0.5, 0.6) is 0 Å². The number of aliphatic hydroxyl groups is 1. The molecule has 0 spiro atoms. The van der Waals surface area contributed by atoms with Crippen LogP contribution in [0.1, 0.15) is 32.6 Å². The molecule has 3 heterocycles. The molecule has 0 aliphatic carbocycles. The Bertz CT molecular complexity index is 369. The lowest BCUT2D eigenvalue weighted by Gasteiger charge is -2.47. The molecule has 0 bridgehead atoms. The number of carbonyl (C=O) groups excluding carboxylic acids is 1. The van der Waals surface area contributed by atoms with Crippen LogP contribution >= 0.6 is 0 Å². The van der Waals surface area contributed by atoms with E-state index in [4.69, 9.17) is 0 Å². The Balaban J connectivity index is 1.51. The maximum absolute atomic E-state index is 11.3. The van der Waals surface area contributed by atoms with E-state index in [1.807, 2.05) is 4.90 Å². The van der Waals surface area contributed by atoms with Crippen LogP contribution in [-0.2, 0) is 4.79 Å². The van der Waals surface area contributed by atoms with Gasteiger partial charge < -0.3 is 9.90 Å². The summed E-state index contributed by atoms with van der Waals surface area (Å²) in [7, 11) is 0. The number of nitrogens with zero attached hydrogens (tertiary/aromatic N) is 2.